The number of carboxylic acids is 1. The SMILES string of the molecule is O=C(O)c1cccnc1NCc1cccc(C2CNc3ncccc32)c1. The van der Waals surface area contributed by atoms with E-state index in [0.717, 1.165) is 17.9 Å². The van der Waals surface area contributed by atoms with E-state index in [9.17, 15) is 9.90 Å². The zero-order valence-electron chi connectivity index (χ0n) is 14.0. The molecule has 26 heavy (non-hydrogen) atoms. The molecule has 0 radical (unpaired) electrons. The summed E-state index contributed by atoms with van der Waals surface area (Å²) in [7, 11) is 0. The van der Waals surface area contributed by atoms with Gasteiger partial charge in [0.2, 0.25) is 0 Å². The lowest BCUT2D eigenvalue weighted by Crippen LogP contribution is -2.09. The van der Waals surface area contributed by atoms with Crippen LogP contribution in [0.5, 0.6) is 0 Å². The van der Waals surface area contributed by atoms with Crippen LogP contribution >= 0.6 is 0 Å². The van der Waals surface area contributed by atoms with Gasteiger partial charge in [-0.3, -0.25) is 0 Å². The number of nitrogens with one attached hydrogen (secondary N) is 2. The first-order valence-electron chi connectivity index (χ1n) is 8.42. The van der Waals surface area contributed by atoms with Crippen LogP contribution in [0.4, 0.5) is 11.6 Å². The molecule has 3 N–H and O–H groups in total. The summed E-state index contributed by atoms with van der Waals surface area (Å²) in [5, 5.41) is 15.7. The molecule has 1 aliphatic rings. The molecule has 130 valence electrons. The standard InChI is InChI=1S/C20H18N4O2/c25-20(26)16-7-3-9-22-19(16)23-11-13-4-1-5-14(10-13)17-12-24-18-15(17)6-2-8-21-18/h1-10,17H,11-12H2,(H,21,24)(H,22,23)(H,25,26). The van der Waals surface area contributed by atoms with E-state index in [-0.39, 0.29) is 11.5 Å². The molecule has 0 fully saturated rings. The summed E-state index contributed by atoms with van der Waals surface area (Å²) in [5.41, 5.74) is 3.66. The van der Waals surface area contributed by atoms with Crippen LogP contribution < -0.4 is 10.6 Å². The van der Waals surface area contributed by atoms with Gasteiger partial charge in [0.1, 0.15) is 17.2 Å². The van der Waals surface area contributed by atoms with Crippen molar-refractivity contribution in [2.24, 2.45) is 0 Å². The Bertz CT molecular complexity index is 958. The number of fused-ring (bicyclic) bond motifs is 1. The lowest BCUT2D eigenvalue weighted by atomic mass is 9.93. The van der Waals surface area contributed by atoms with Crippen LogP contribution in [0.15, 0.2) is 60.9 Å². The predicted octanol–water partition coefficient (Wildman–Crippen LogP) is 3.34. The van der Waals surface area contributed by atoms with Gasteiger partial charge >= 0.3 is 5.97 Å². The Morgan fingerprint density at radius 3 is 2.88 bits per heavy atom. The van der Waals surface area contributed by atoms with Crippen LogP contribution in [-0.2, 0) is 6.54 Å². The summed E-state index contributed by atoms with van der Waals surface area (Å²) in [6.45, 7) is 1.33. The van der Waals surface area contributed by atoms with Gasteiger partial charge in [0.25, 0.3) is 0 Å². The maximum atomic E-state index is 11.3. The minimum Gasteiger partial charge on any atom is -0.478 e. The summed E-state index contributed by atoms with van der Waals surface area (Å²) in [4.78, 5) is 19.8. The minimum absolute atomic E-state index is 0.170. The second-order valence-corrected chi connectivity index (χ2v) is 6.18. The molecule has 0 spiro atoms. The van der Waals surface area contributed by atoms with Crippen molar-refractivity contribution in [3.8, 4) is 0 Å². The van der Waals surface area contributed by atoms with Crippen molar-refractivity contribution in [2.45, 2.75) is 12.5 Å². The zero-order valence-corrected chi connectivity index (χ0v) is 14.0. The maximum absolute atomic E-state index is 11.3. The van der Waals surface area contributed by atoms with Gasteiger partial charge in [-0.25, -0.2) is 14.8 Å². The Balaban J connectivity index is 1.54. The Hall–Kier alpha value is -3.41. The maximum Gasteiger partial charge on any atom is 0.339 e. The fourth-order valence-electron chi connectivity index (χ4n) is 3.28. The Morgan fingerprint density at radius 1 is 1.15 bits per heavy atom. The number of rotatable bonds is 5. The summed E-state index contributed by atoms with van der Waals surface area (Å²) in [6, 6.07) is 15.5. The molecule has 1 aliphatic heterocycles. The van der Waals surface area contributed by atoms with Gasteiger partial charge in [0.15, 0.2) is 0 Å². The van der Waals surface area contributed by atoms with Gasteiger partial charge in [-0.2, -0.15) is 0 Å². The molecule has 0 bridgehead atoms. The lowest BCUT2D eigenvalue weighted by molar-refractivity contribution is 0.0697. The number of anilines is 2. The number of benzene rings is 1. The average molecular weight is 346 g/mol. The summed E-state index contributed by atoms with van der Waals surface area (Å²) >= 11 is 0. The van der Waals surface area contributed by atoms with E-state index >= 15 is 0 Å². The van der Waals surface area contributed by atoms with Crippen molar-refractivity contribution in [3.63, 3.8) is 0 Å². The molecule has 0 saturated heterocycles. The van der Waals surface area contributed by atoms with Crippen LogP contribution in [0.3, 0.4) is 0 Å². The van der Waals surface area contributed by atoms with Crippen molar-refractivity contribution in [3.05, 3.63) is 83.2 Å². The van der Waals surface area contributed by atoms with Crippen LogP contribution in [-0.4, -0.2) is 27.6 Å². The molecule has 2 aromatic heterocycles. The minimum atomic E-state index is -0.990. The van der Waals surface area contributed by atoms with Crippen molar-refractivity contribution in [1.82, 2.24) is 9.97 Å². The highest BCUT2D eigenvalue weighted by Crippen LogP contribution is 2.34. The first-order chi connectivity index (χ1) is 12.7. The fourth-order valence-corrected chi connectivity index (χ4v) is 3.28. The summed E-state index contributed by atoms with van der Waals surface area (Å²) in [5.74, 6) is 0.599. The molecule has 0 aliphatic carbocycles. The van der Waals surface area contributed by atoms with Crippen molar-refractivity contribution in [1.29, 1.82) is 0 Å². The van der Waals surface area contributed by atoms with E-state index in [0.29, 0.717) is 12.4 Å². The summed E-state index contributed by atoms with van der Waals surface area (Å²) < 4.78 is 0. The third kappa shape index (κ3) is 3.09. The summed E-state index contributed by atoms with van der Waals surface area (Å²) in [6.07, 6.45) is 3.38. The third-order valence-corrected chi connectivity index (χ3v) is 4.54. The first kappa shape index (κ1) is 16.1. The second-order valence-electron chi connectivity index (χ2n) is 6.18. The monoisotopic (exact) mass is 346 g/mol. The van der Waals surface area contributed by atoms with Gasteiger partial charge in [0, 0.05) is 37.0 Å². The number of nitrogens with zero attached hydrogens (tertiary/aromatic N) is 2. The predicted molar refractivity (Wildman–Crippen MR) is 99.5 cm³/mol. The smallest absolute Gasteiger partial charge is 0.339 e. The van der Waals surface area contributed by atoms with E-state index in [1.807, 2.05) is 18.2 Å². The highest BCUT2D eigenvalue weighted by atomic mass is 16.4. The number of carbonyl (C=O) groups is 1. The average Bonchev–Trinajstić information content (AvgIpc) is 3.11. The van der Waals surface area contributed by atoms with E-state index < -0.39 is 5.97 Å². The molecule has 0 saturated carbocycles. The molecule has 3 aromatic rings. The molecule has 0 amide bonds. The molecule has 1 aromatic carbocycles. The highest BCUT2D eigenvalue weighted by molar-refractivity contribution is 5.92. The van der Waals surface area contributed by atoms with Gasteiger partial charge in [0.05, 0.1) is 0 Å². The van der Waals surface area contributed by atoms with Crippen LogP contribution in [0, 0.1) is 0 Å². The lowest BCUT2D eigenvalue weighted by Gasteiger charge is -2.13. The fraction of sp³-hybridized carbons (Fsp3) is 0.150. The quantitative estimate of drug-likeness (QED) is 0.657. The van der Waals surface area contributed by atoms with Crippen LogP contribution in [0.1, 0.15) is 33.0 Å². The van der Waals surface area contributed by atoms with Crippen LogP contribution in [0.2, 0.25) is 0 Å². The van der Waals surface area contributed by atoms with Crippen LogP contribution in [0.25, 0.3) is 0 Å². The van der Waals surface area contributed by atoms with E-state index in [1.54, 1.807) is 24.5 Å². The molecule has 6 heteroatoms. The first-order valence-corrected chi connectivity index (χ1v) is 8.42. The topological polar surface area (TPSA) is 87.1 Å². The number of pyridine rings is 2. The number of hydrogen-bond donors (Lipinski definition) is 3. The number of hydrogen-bond acceptors (Lipinski definition) is 5. The third-order valence-electron chi connectivity index (χ3n) is 4.54. The Kier molecular flexibility index (Phi) is 4.23. The van der Waals surface area contributed by atoms with E-state index in [2.05, 4.69) is 38.8 Å². The number of aromatic nitrogens is 2. The Labute approximate surface area is 150 Å². The molecule has 1 unspecified atom stereocenters. The normalized spacial score (nSPS) is 15.2. The molecule has 6 nitrogen and oxygen atoms in total. The van der Waals surface area contributed by atoms with Gasteiger partial charge in [-0.15, -0.1) is 0 Å². The van der Waals surface area contributed by atoms with Gasteiger partial charge in [-0.1, -0.05) is 30.3 Å². The zero-order chi connectivity index (χ0) is 17.9. The van der Waals surface area contributed by atoms with E-state index in [1.165, 1.54) is 11.1 Å². The molecule has 4 rings (SSSR count). The van der Waals surface area contributed by atoms with Crippen molar-refractivity contribution in [2.75, 3.05) is 17.2 Å². The Morgan fingerprint density at radius 2 is 2.00 bits per heavy atom. The highest BCUT2D eigenvalue weighted by Gasteiger charge is 2.24. The van der Waals surface area contributed by atoms with Crippen molar-refractivity contribution < 1.29 is 9.90 Å². The van der Waals surface area contributed by atoms with E-state index in [4.69, 9.17) is 0 Å². The molecule has 3 heterocycles. The second kappa shape index (κ2) is 6.84. The molecular formula is C20H18N4O2. The number of aromatic carboxylic acids is 1. The van der Waals surface area contributed by atoms with Gasteiger partial charge < -0.3 is 15.7 Å². The molecular weight excluding hydrogens is 328 g/mol. The van der Waals surface area contributed by atoms with Crippen molar-refractivity contribution >= 4 is 17.6 Å². The largest absolute Gasteiger partial charge is 0.478 e. The van der Waals surface area contributed by atoms with Gasteiger partial charge in [-0.05, 0) is 29.3 Å². The molecule has 1 atom stereocenters. The number of carboxylic acid groups (broad SMARTS) is 1.